The van der Waals surface area contributed by atoms with Gasteiger partial charge in [0, 0.05) is 22.4 Å². The lowest BCUT2D eigenvalue weighted by molar-refractivity contribution is -0.150. The lowest BCUT2D eigenvalue weighted by Crippen LogP contribution is -2.25. The predicted octanol–water partition coefficient (Wildman–Crippen LogP) is 6.27. The fourth-order valence-corrected chi connectivity index (χ4v) is 4.20. The summed E-state index contributed by atoms with van der Waals surface area (Å²) >= 11 is 1.59. The zero-order chi connectivity index (χ0) is 25.0. The van der Waals surface area contributed by atoms with Gasteiger partial charge in [0.2, 0.25) is 0 Å². The number of esters is 1. The minimum atomic E-state index is -4.39. The van der Waals surface area contributed by atoms with Crippen molar-refractivity contribution in [3.63, 3.8) is 0 Å². The molecular weight excluding hydrogens is 479 g/mol. The van der Waals surface area contributed by atoms with Crippen LogP contribution in [-0.2, 0) is 21.5 Å². The normalized spacial score (nSPS) is 12.5. The summed E-state index contributed by atoms with van der Waals surface area (Å²) in [5.41, 5.74) is 2.00. The fraction of sp³-hybridized carbons (Fsp3) is 0.240. The first-order chi connectivity index (χ1) is 16.7. The Morgan fingerprint density at radius 1 is 1.09 bits per heavy atom. The highest BCUT2D eigenvalue weighted by Crippen LogP contribution is 2.32. The Labute approximate surface area is 203 Å². The molecule has 1 atom stereocenters. The van der Waals surface area contributed by atoms with E-state index in [1.54, 1.807) is 43.9 Å². The molecule has 0 aliphatic heterocycles. The number of aromatic amines is 1. The van der Waals surface area contributed by atoms with E-state index in [0.717, 1.165) is 22.6 Å². The molecule has 0 bridgehead atoms. The van der Waals surface area contributed by atoms with Crippen molar-refractivity contribution in [3.8, 4) is 17.1 Å². The third kappa shape index (κ3) is 5.94. The molecule has 1 N–H and O–H groups in total. The molecule has 4 rings (SSSR count). The van der Waals surface area contributed by atoms with Gasteiger partial charge >= 0.3 is 12.1 Å². The lowest BCUT2D eigenvalue weighted by Gasteiger charge is -2.13. The van der Waals surface area contributed by atoms with Crippen molar-refractivity contribution < 1.29 is 27.4 Å². The number of ether oxygens (including phenoxy) is 2. The summed E-state index contributed by atoms with van der Waals surface area (Å²) in [5.74, 6) is 1.21. The molecule has 0 spiro atoms. The van der Waals surface area contributed by atoms with Crippen LogP contribution in [0.15, 0.2) is 65.7 Å². The zero-order valence-electron chi connectivity index (χ0n) is 18.9. The first-order valence-electron chi connectivity index (χ1n) is 10.8. The van der Waals surface area contributed by atoms with Crippen molar-refractivity contribution in [2.24, 2.45) is 0 Å². The van der Waals surface area contributed by atoms with E-state index in [1.165, 1.54) is 12.1 Å². The maximum absolute atomic E-state index is 12.8. The molecule has 182 valence electrons. The molecular formula is C25H22F3N3O3S. The monoisotopic (exact) mass is 501 g/mol. The Balaban J connectivity index is 1.44. The molecule has 2 aromatic carbocycles. The Hall–Kier alpha value is -3.53. The molecule has 0 aliphatic carbocycles. The van der Waals surface area contributed by atoms with E-state index < -0.39 is 23.8 Å². The Morgan fingerprint density at radius 2 is 1.80 bits per heavy atom. The van der Waals surface area contributed by atoms with E-state index in [-0.39, 0.29) is 0 Å². The molecule has 35 heavy (non-hydrogen) atoms. The van der Waals surface area contributed by atoms with Crippen LogP contribution in [0.5, 0.6) is 5.75 Å². The topological polar surface area (TPSA) is 77.1 Å². The average molecular weight is 502 g/mol. The summed E-state index contributed by atoms with van der Waals surface area (Å²) in [7, 11) is 0. The number of rotatable bonds is 8. The highest BCUT2D eigenvalue weighted by molar-refractivity contribution is 7.98. The van der Waals surface area contributed by atoms with E-state index in [0.29, 0.717) is 40.7 Å². The quantitative estimate of drug-likeness (QED) is 0.227. The third-order valence-electron chi connectivity index (χ3n) is 5.10. The van der Waals surface area contributed by atoms with Crippen LogP contribution in [0.3, 0.4) is 0 Å². The van der Waals surface area contributed by atoms with Crippen LogP contribution in [0, 0.1) is 0 Å². The number of pyridine rings is 1. The first-order valence-corrected chi connectivity index (χ1v) is 11.8. The van der Waals surface area contributed by atoms with Gasteiger partial charge in [0.25, 0.3) is 0 Å². The maximum Gasteiger partial charge on any atom is 0.416 e. The van der Waals surface area contributed by atoms with Gasteiger partial charge in [-0.25, -0.2) is 14.8 Å². The number of alkyl halides is 3. The molecule has 10 heteroatoms. The number of imidazole rings is 1. The summed E-state index contributed by atoms with van der Waals surface area (Å²) in [4.78, 5) is 24.7. The van der Waals surface area contributed by atoms with E-state index in [9.17, 15) is 18.0 Å². The summed E-state index contributed by atoms with van der Waals surface area (Å²) in [6.45, 7) is 3.68. The number of H-pyrrole nitrogens is 1. The van der Waals surface area contributed by atoms with Gasteiger partial charge in [0.05, 0.1) is 12.2 Å². The summed E-state index contributed by atoms with van der Waals surface area (Å²) in [6.07, 6.45) is -3.42. The molecule has 2 heterocycles. The van der Waals surface area contributed by atoms with Crippen molar-refractivity contribution in [2.45, 2.75) is 36.8 Å². The number of benzene rings is 2. The van der Waals surface area contributed by atoms with Crippen molar-refractivity contribution in [2.75, 3.05) is 6.61 Å². The minimum absolute atomic E-state index is 0.298. The number of nitrogens with zero attached hydrogens (tertiary/aromatic N) is 2. The van der Waals surface area contributed by atoms with Crippen LogP contribution in [-0.4, -0.2) is 33.6 Å². The molecule has 0 saturated heterocycles. The van der Waals surface area contributed by atoms with Gasteiger partial charge < -0.3 is 14.5 Å². The number of hydrogen-bond acceptors (Lipinski definition) is 6. The summed E-state index contributed by atoms with van der Waals surface area (Å²) < 4.78 is 49.1. The third-order valence-corrected chi connectivity index (χ3v) is 6.16. The Morgan fingerprint density at radius 3 is 2.46 bits per heavy atom. The average Bonchev–Trinajstić information content (AvgIpc) is 3.28. The van der Waals surface area contributed by atoms with Crippen molar-refractivity contribution >= 4 is 28.9 Å². The van der Waals surface area contributed by atoms with Crippen LogP contribution in [0.1, 0.15) is 25.0 Å². The van der Waals surface area contributed by atoms with E-state index in [1.807, 2.05) is 18.2 Å². The van der Waals surface area contributed by atoms with Gasteiger partial charge in [-0.1, -0.05) is 12.1 Å². The van der Waals surface area contributed by atoms with E-state index in [4.69, 9.17) is 9.47 Å². The lowest BCUT2D eigenvalue weighted by atomic mass is 10.1. The van der Waals surface area contributed by atoms with Crippen LogP contribution >= 0.6 is 11.8 Å². The highest BCUT2D eigenvalue weighted by Gasteiger charge is 2.30. The van der Waals surface area contributed by atoms with Crippen LogP contribution in [0.4, 0.5) is 13.2 Å². The van der Waals surface area contributed by atoms with Gasteiger partial charge in [-0.2, -0.15) is 13.2 Å². The van der Waals surface area contributed by atoms with Crippen molar-refractivity contribution in [1.29, 1.82) is 0 Å². The number of fused-ring (bicyclic) bond motifs is 1. The molecule has 4 aromatic rings. The number of nitrogens with one attached hydrogen (secondary N) is 1. The zero-order valence-corrected chi connectivity index (χ0v) is 19.7. The predicted molar refractivity (Wildman–Crippen MR) is 127 cm³/mol. The maximum atomic E-state index is 12.8. The van der Waals surface area contributed by atoms with Gasteiger partial charge in [0.1, 0.15) is 17.1 Å². The second kappa shape index (κ2) is 10.4. The minimum Gasteiger partial charge on any atom is -0.479 e. The Kier molecular flexibility index (Phi) is 7.30. The SMILES string of the molecule is CCOC(=O)C(C)Oc1ccc(SCc2ccnc3[nH]c(-c4ccc(C(F)(F)F)cc4)nc23)cc1. The first kappa shape index (κ1) is 24.6. The number of carbonyl (C=O) groups is 1. The molecule has 0 radical (unpaired) electrons. The number of halogens is 3. The molecule has 0 aliphatic rings. The second-order valence-electron chi connectivity index (χ2n) is 7.60. The van der Waals surface area contributed by atoms with Gasteiger partial charge in [-0.05, 0) is 61.9 Å². The van der Waals surface area contributed by atoms with E-state index >= 15 is 0 Å². The van der Waals surface area contributed by atoms with Crippen molar-refractivity contribution in [3.05, 3.63) is 71.9 Å². The molecule has 6 nitrogen and oxygen atoms in total. The van der Waals surface area contributed by atoms with Crippen molar-refractivity contribution in [1.82, 2.24) is 15.0 Å². The number of carbonyl (C=O) groups excluding carboxylic acids is 1. The van der Waals surface area contributed by atoms with Crippen LogP contribution in [0.25, 0.3) is 22.6 Å². The second-order valence-corrected chi connectivity index (χ2v) is 8.65. The van der Waals surface area contributed by atoms with Crippen LogP contribution < -0.4 is 4.74 Å². The number of hydrogen-bond donors (Lipinski definition) is 1. The molecule has 0 fully saturated rings. The van der Waals surface area contributed by atoms with E-state index in [2.05, 4.69) is 15.0 Å². The molecule has 1 unspecified atom stereocenters. The van der Waals surface area contributed by atoms with Crippen LogP contribution in [0.2, 0.25) is 0 Å². The van der Waals surface area contributed by atoms with Gasteiger partial charge in [0.15, 0.2) is 11.8 Å². The standard InChI is InChI=1S/C25H22F3N3O3S/c1-3-33-24(32)15(2)34-19-8-10-20(11-9-19)35-14-17-12-13-29-23-21(17)30-22(31-23)16-4-6-18(7-5-16)25(26,27)28/h4-13,15H,3,14H2,1-2H3,(H,29,30,31). The Bertz CT molecular complexity index is 1310. The molecule has 0 saturated carbocycles. The largest absolute Gasteiger partial charge is 0.479 e. The summed E-state index contributed by atoms with van der Waals surface area (Å²) in [6, 6.07) is 14.1. The molecule has 2 aromatic heterocycles. The smallest absolute Gasteiger partial charge is 0.416 e. The number of thioether (sulfide) groups is 1. The number of aromatic nitrogens is 3. The van der Waals surface area contributed by atoms with Gasteiger partial charge in [-0.15, -0.1) is 11.8 Å². The molecule has 0 amide bonds. The fourth-order valence-electron chi connectivity index (χ4n) is 3.32. The van der Waals surface area contributed by atoms with Gasteiger partial charge in [-0.3, -0.25) is 0 Å². The highest BCUT2D eigenvalue weighted by atomic mass is 32.2. The summed E-state index contributed by atoms with van der Waals surface area (Å²) in [5, 5.41) is 0.